The van der Waals surface area contributed by atoms with Gasteiger partial charge in [-0.3, -0.25) is 4.98 Å². The molecule has 0 spiro atoms. The van der Waals surface area contributed by atoms with Gasteiger partial charge in [0.05, 0.1) is 16.8 Å². The van der Waals surface area contributed by atoms with Gasteiger partial charge in [0.1, 0.15) is 6.07 Å². The van der Waals surface area contributed by atoms with Crippen LogP contribution in [0.3, 0.4) is 0 Å². The maximum atomic E-state index is 9.32. The fraction of sp³-hybridized carbons (Fsp3) is 0.333. The molecule has 1 saturated carbocycles. The molecule has 0 radical (unpaired) electrons. The first-order valence-corrected chi connectivity index (χ1v) is 7.52. The molecule has 0 atom stereocenters. The highest BCUT2D eigenvalue weighted by atomic mass is 79.9. The van der Waals surface area contributed by atoms with Gasteiger partial charge in [-0.2, -0.15) is 5.26 Å². The maximum absolute atomic E-state index is 9.32. The number of nitriles is 1. The molecule has 1 aromatic heterocycles. The number of hydrogen-bond acceptors (Lipinski definition) is 4. The van der Waals surface area contributed by atoms with Crippen molar-refractivity contribution in [3.8, 4) is 6.07 Å². The number of anilines is 2. The molecule has 1 heterocycles. The summed E-state index contributed by atoms with van der Waals surface area (Å²) < 4.78 is 0.853. The lowest BCUT2D eigenvalue weighted by Crippen LogP contribution is -2.16. The Hall–Kier alpha value is -1.80. The minimum absolute atomic E-state index is 0.438. The molecule has 2 aromatic rings. The van der Waals surface area contributed by atoms with E-state index in [2.05, 4.69) is 32.3 Å². The summed E-state index contributed by atoms with van der Waals surface area (Å²) in [5, 5.41) is 13.7. The van der Waals surface area contributed by atoms with Gasteiger partial charge in [0.2, 0.25) is 0 Å². The smallest absolute Gasteiger partial charge is 0.103 e. The second kappa shape index (κ2) is 5.29. The highest BCUT2D eigenvalue weighted by Gasteiger charge is 2.18. The first-order valence-electron chi connectivity index (χ1n) is 6.73. The van der Waals surface area contributed by atoms with E-state index in [1.165, 1.54) is 12.8 Å². The second-order valence-electron chi connectivity index (χ2n) is 5.18. The number of halogens is 1. The average Bonchev–Trinajstić information content (AvgIpc) is 2.92. The van der Waals surface area contributed by atoms with Crippen LogP contribution in [0.1, 0.15) is 31.2 Å². The van der Waals surface area contributed by atoms with E-state index in [0.29, 0.717) is 17.3 Å². The quantitative estimate of drug-likeness (QED) is 0.821. The molecule has 1 aliphatic rings. The number of fused-ring (bicyclic) bond motifs is 1. The zero-order valence-corrected chi connectivity index (χ0v) is 12.6. The molecule has 1 fully saturated rings. The lowest BCUT2D eigenvalue weighted by Gasteiger charge is -2.17. The Morgan fingerprint density at radius 3 is 2.80 bits per heavy atom. The highest BCUT2D eigenvalue weighted by molar-refractivity contribution is 9.10. The number of hydrogen-bond donors (Lipinski definition) is 2. The number of nitrogens with one attached hydrogen (secondary N) is 1. The first-order chi connectivity index (χ1) is 9.69. The van der Waals surface area contributed by atoms with E-state index in [1.54, 1.807) is 6.20 Å². The molecule has 0 saturated heterocycles. The SMILES string of the molecule is N#Cc1cnc2c(Br)cc(N)cc2c1NC1CCCC1. The Kier molecular flexibility index (Phi) is 3.49. The van der Waals surface area contributed by atoms with Crippen molar-refractivity contribution in [1.29, 1.82) is 5.26 Å². The number of benzene rings is 1. The number of pyridine rings is 1. The van der Waals surface area contributed by atoms with Crippen LogP contribution in [0.15, 0.2) is 22.8 Å². The van der Waals surface area contributed by atoms with E-state index < -0.39 is 0 Å². The van der Waals surface area contributed by atoms with Crippen LogP contribution < -0.4 is 11.1 Å². The molecule has 0 amide bonds. The van der Waals surface area contributed by atoms with Gasteiger partial charge in [-0.25, -0.2) is 0 Å². The lowest BCUT2D eigenvalue weighted by molar-refractivity contribution is 0.756. The monoisotopic (exact) mass is 330 g/mol. The van der Waals surface area contributed by atoms with Crippen molar-refractivity contribution in [2.75, 3.05) is 11.1 Å². The van der Waals surface area contributed by atoms with Crippen LogP contribution in [-0.2, 0) is 0 Å². The third-order valence-electron chi connectivity index (χ3n) is 3.77. The Bertz CT molecular complexity index is 699. The first kappa shape index (κ1) is 13.2. The molecule has 3 rings (SSSR count). The number of nitrogens with two attached hydrogens (primary N) is 1. The van der Waals surface area contributed by atoms with E-state index in [0.717, 1.165) is 33.9 Å². The number of aromatic nitrogens is 1. The van der Waals surface area contributed by atoms with Crippen molar-refractivity contribution in [3.63, 3.8) is 0 Å². The van der Waals surface area contributed by atoms with Gasteiger partial charge in [-0.05, 0) is 40.9 Å². The molecular formula is C15H15BrN4. The molecule has 5 heteroatoms. The molecule has 102 valence electrons. The van der Waals surface area contributed by atoms with Gasteiger partial charge >= 0.3 is 0 Å². The summed E-state index contributed by atoms with van der Waals surface area (Å²) in [5.41, 5.74) is 8.85. The van der Waals surface area contributed by atoms with Crippen LogP contribution in [0.4, 0.5) is 11.4 Å². The Balaban J connectivity index is 2.17. The van der Waals surface area contributed by atoms with Gasteiger partial charge in [0.15, 0.2) is 0 Å². The summed E-state index contributed by atoms with van der Waals surface area (Å²) in [4.78, 5) is 4.36. The van der Waals surface area contributed by atoms with E-state index in [4.69, 9.17) is 5.73 Å². The van der Waals surface area contributed by atoms with E-state index >= 15 is 0 Å². The normalized spacial score (nSPS) is 15.4. The fourth-order valence-corrected chi connectivity index (χ4v) is 3.38. The number of nitrogens with zero attached hydrogens (tertiary/aromatic N) is 2. The maximum Gasteiger partial charge on any atom is 0.103 e. The topological polar surface area (TPSA) is 74.7 Å². The summed E-state index contributed by atoms with van der Waals surface area (Å²) in [7, 11) is 0. The lowest BCUT2D eigenvalue weighted by atomic mass is 10.1. The molecule has 0 unspecified atom stereocenters. The van der Waals surface area contributed by atoms with E-state index in [9.17, 15) is 5.26 Å². The summed E-state index contributed by atoms with van der Waals surface area (Å²) in [5.74, 6) is 0. The molecule has 0 aliphatic heterocycles. The van der Waals surface area contributed by atoms with Crippen LogP contribution in [0.2, 0.25) is 0 Å². The third-order valence-corrected chi connectivity index (χ3v) is 4.38. The molecule has 3 N–H and O–H groups in total. The van der Waals surface area contributed by atoms with Crippen LogP contribution in [-0.4, -0.2) is 11.0 Å². The highest BCUT2D eigenvalue weighted by Crippen LogP contribution is 2.34. The van der Waals surface area contributed by atoms with Gasteiger partial charge in [-0.1, -0.05) is 12.8 Å². The largest absolute Gasteiger partial charge is 0.399 e. The van der Waals surface area contributed by atoms with Crippen molar-refractivity contribution in [3.05, 3.63) is 28.4 Å². The molecule has 1 aromatic carbocycles. The summed E-state index contributed by atoms with van der Waals surface area (Å²) in [6.45, 7) is 0. The van der Waals surface area contributed by atoms with Crippen molar-refractivity contribution in [2.45, 2.75) is 31.7 Å². The van der Waals surface area contributed by atoms with Crippen LogP contribution >= 0.6 is 15.9 Å². The Labute approximate surface area is 126 Å². The molecule has 1 aliphatic carbocycles. The van der Waals surface area contributed by atoms with Gasteiger partial charge in [-0.15, -0.1) is 0 Å². The standard InChI is InChI=1S/C15H15BrN4/c16-13-6-10(18)5-12-14(20-11-3-1-2-4-11)9(7-17)8-19-15(12)13/h5-6,8,11H,1-4,18H2,(H,19,20). The summed E-state index contributed by atoms with van der Waals surface area (Å²) in [6, 6.07) is 6.37. The minimum Gasteiger partial charge on any atom is -0.399 e. The number of rotatable bonds is 2. The minimum atomic E-state index is 0.438. The van der Waals surface area contributed by atoms with Crippen LogP contribution in [0, 0.1) is 11.3 Å². The van der Waals surface area contributed by atoms with E-state index in [-0.39, 0.29) is 0 Å². The molecule has 4 nitrogen and oxygen atoms in total. The summed E-state index contributed by atoms with van der Waals surface area (Å²) >= 11 is 3.49. The Morgan fingerprint density at radius 1 is 1.35 bits per heavy atom. The Morgan fingerprint density at radius 2 is 2.10 bits per heavy atom. The van der Waals surface area contributed by atoms with Crippen LogP contribution in [0.25, 0.3) is 10.9 Å². The second-order valence-corrected chi connectivity index (χ2v) is 6.04. The van der Waals surface area contributed by atoms with Crippen molar-refractivity contribution >= 4 is 38.2 Å². The van der Waals surface area contributed by atoms with E-state index in [1.807, 2.05) is 12.1 Å². The van der Waals surface area contributed by atoms with Gasteiger partial charge in [0, 0.05) is 27.8 Å². The predicted octanol–water partition coefficient (Wildman–Crippen LogP) is 3.81. The van der Waals surface area contributed by atoms with Gasteiger partial charge in [0.25, 0.3) is 0 Å². The van der Waals surface area contributed by atoms with Crippen molar-refractivity contribution in [1.82, 2.24) is 4.98 Å². The van der Waals surface area contributed by atoms with Gasteiger partial charge < -0.3 is 11.1 Å². The fourth-order valence-electron chi connectivity index (χ4n) is 2.80. The summed E-state index contributed by atoms with van der Waals surface area (Å²) in [6.07, 6.45) is 6.42. The molecular weight excluding hydrogens is 316 g/mol. The zero-order chi connectivity index (χ0) is 14.1. The third kappa shape index (κ3) is 2.32. The molecule has 0 bridgehead atoms. The average molecular weight is 331 g/mol. The zero-order valence-electron chi connectivity index (χ0n) is 11.0. The van der Waals surface area contributed by atoms with Crippen molar-refractivity contribution in [2.24, 2.45) is 0 Å². The van der Waals surface area contributed by atoms with Crippen LogP contribution in [0.5, 0.6) is 0 Å². The molecule has 20 heavy (non-hydrogen) atoms. The predicted molar refractivity (Wildman–Crippen MR) is 84.4 cm³/mol. The number of nitrogen functional groups attached to an aromatic ring is 1. The van der Waals surface area contributed by atoms with Crippen molar-refractivity contribution < 1.29 is 0 Å².